The summed E-state index contributed by atoms with van der Waals surface area (Å²) in [6.07, 6.45) is 7.81. The first-order valence-electron chi connectivity index (χ1n) is 6.42. The normalized spacial score (nSPS) is 15.0. The van der Waals surface area contributed by atoms with Crippen LogP contribution in [0.2, 0.25) is 0 Å². The summed E-state index contributed by atoms with van der Waals surface area (Å²) in [6.45, 7) is 7.74. The van der Waals surface area contributed by atoms with E-state index in [1.54, 1.807) is 0 Å². The number of hydrogen-bond donors (Lipinski definition) is 1. The second-order valence-electron chi connectivity index (χ2n) is 4.57. The van der Waals surface area contributed by atoms with E-state index in [9.17, 15) is 0 Å². The van der Waals surface area contributed by atoms with Crippen LogP contribution in [0.25, 0.3) is 0 Å². The predicted molar refractivity (Wildman–Crippen MR) is 68.4 cm³/mol. The Kier molecular flexibility index (Phi) is 5.53. The van der Waals surface area contributed by atoms with Crippen LogP contribution < -0.4 is 5.32 Å². The molecule has 1 N–H and O–H groups in total. The van der Waals surface area contributed by atoms with Crippen LogP contribution in [-0.2, 0) is 6.54 Å². The lowest BCUT2D eigenvalue weighted by atomic mass is 9.93. The SMILES string of the molecule is CCCC(C)C(NC)c1cnn(CCC)c1. The van der Waals surface area contributed by atoms with Gasteiger partial charge in [-0.3, -0.25) is 4.68 Å². The van der Waals surface area contributed by atoms with E-state index < -0.39 is 0 Å². The summed E-state index contributed by atoms with van der Waals surface area (Å²) in [4.78, 5) is 0. The average Bonchev–Trinajstić information content (AvgIpc) is 2.68. The molecule has 3 nitrogen and oxygen atoms in total. The molecule has 0 aliphatic heterocycles. The number of aryl methyl sites for hydroxylation is 1. The highest BCUT2D eigenvalue weighted by molar-refractivity contribution is 5.11. The molecule has 2 atom stereocenters. The third kappa shape index (κ3) is 3.34. The van der Waals surface area contributed by atoms with Gasteiger partial charge in [0.2, 0.25) is 0 Å². The molecule has 2 unspecified atom stereocenters. The molecule has 0 fully saturated rings. The molecule has 92 valence electrons. The lowest BCUT2D eigenvalue weighted by Crippen LogP contribution is -2.23. The molecule has 1 heterocycles. The van der Waals surface area contributed by atoms with E-state index in [1.165, 1.54) is 18.4 Å². The maximum Gasteiger partial charge on any atom is 0.0537 e. The highest BCUT2D eigenvalue weighted by Crippen LogP contribution is 2.24. The van der Waals surface area contributed by atoms with Gasteiger partial charge in [0.25, 0.3) is 0 Å². The van der Waals surface area contributed by atoms with Crippen molar-refractivity contribution in [2.75, 3.05) is 7.05 Å². The first kappa shape index (κ1) is 13.2. The topological polar surface area (TPSA) is 29.9 Å². The van der Waals surface area contributed by atoms with Crippen molar-refractivity contribution in [1.82, 2.24) is 15.1 Å². The maximum atomic E-state index is 4.39. The quantitative estimate of drug-likeness (QED) is 0.770. The van der Waals surface area contributed by atoms with Crippen LogP contribution in [0.5, 0.6) is 0 Å². The van der Waals surface area contributed by atoms with Crippen molar-refractivity contribution in [2.45, 2.75) is 52.6 Å². The summed E-state index contributed by atoms with van der Waals surface area (Å²) >= 11 is 0. The molecule has 0 aliphatic rings. The van der Waals surface area contributed by atoms with Gasteiger partial charge < -0.3 is 5.32 Å². The van der Waals surface area contributed by atoms with Gasteiger partial charge in [-0.2, -0.15) is 5.10 Å². The molecule has 0 saturated heterocycles. The summed E-state index contributed by atoms with van der Waals surface area (Å²) in [6, 6.07) is 0.436. The highest BCUT2D eigenvalue weighted by Gasteiger charge is 2.18. The fourth-order valence-electron chi connectivity index (χ4n) is 2.29. The van der Waals surface area contributed by atoms with Crippen molar-refractivity contribution in [3.8, 4) is 0 Å². The lowest BCUT2D eigenvalue weighted by molar-refractivity contribution is 0.383. The van der Waals surface area contributed by atoms with E-state index in [0.29, 0.717) is 12.0 Å². The lowest BCUT2D eigenvalue weighted by Gasteiger charge is -2.21. The van der Waals surface area contributed by atoms with Crippen LogP contribution in [0.15, 0.2) is 12.4 Å². The van der Waals surface area contributed by atoms with Crippen LogP contribution in [0.3, 0.4) is 0 Å². The monoisotopic (exact) mass is 223 g/mol. The molecule has 0 saturated carbocycles. The molecule has 0 aromatic carbocycles. The van der Waals surface area contributed by atoms with Gasteiger partial charge in [0.1, 0.15) is 0 Å². The van der Waals surface area contributed by atoms with Gasteiger partial charge in [0.05, 0.1) is 6.20 Å². The van der Waals surface area contributed by atoms with E-state index in [0.717, 1.165) is 13.0 Å². The van der Waals surface area contributed by atoms with Crippen molar-refractivity contribution < 1.29 is 0 Å². The van der Waals surface area contributed by atoms with Crippen molar-refractivity contribution >= 4 is 0 Å². The molecule has 1 rings (SSSR count). The maximum absolute atomic E-state index is 4.39. The third-order valence-electron chi connectivity index (χ3n) is 3.09. The van der Waals surface area contributed by atoms with E-state index >= 15 is 0 Å². The Morgan fingerprint density at radius 1 is 1.38 bits per heavy atom. The zero-order valence-corrected chi connectivity index (χ0v) is 11.0. The van der Waals surface area contributed by atoms with E-state index in [4.69, 9.17) is 0 Å². The van der Waals surface area contributed by atoms with Gasteiger partial charge >= 0.3 is 0 Å². The van der Waals surface area contributed by atoms with Crippen LogP contribution in [0, 0.1) is 5.92 Å². The summed E-state index contributed by atoms with van der Waals surface area (Å²) in [5.74, 6) is 0.661. The molecule has 16 heavy (non-hydrogen) atoms. The summed E-state index contributed by atoms with van der Waals surface area (Å²) in [5.41, 5.74) is 1.32. The molecule has 1 aromatic rings. The van der Waals surface area contributed by atoms with Gasteiger partial charge in [-0.15, -0.1) is 0 Å². The van der Waals surface area contributed by atoms with Gasteiger partial charge in [-0.1, -0.05) is 27.2 Å². The van der Waals surface area contributed by atoms with E-state index in [1.807, 2.05) is 17.9 Å². The second kappa shape index (κ2) is 6.69. The molecular weight excluding hydrogens is 198 g/mol. The molecule has 0 bridgehead atoms. The largest absolute Gasteiger partial charge is 0.313 e. The Morgan fingerprint density at radius 3 is 2.69 bits per heavy atom. The third-order valence-corrected chi connectivity index (χ3v) is 3.09. The Balaban J connectivity index is 2.70. The van der Waals surface area contributed by atoms with Crippen molar-refractivity contribution in [2.24, 2.45) is 5.92 Å². The molecular formula is C13H25N3. The molecule has 0 radical (unpaired) electrons. The second-order valence-corrected chi connectivity index (χ2v) is 4.57. The van der Waals surface area contributed by atoms with Gasteiger partial charge in [0, 0.05) is 24.3 Å². The number of aromatic nitrogens is 2. The average molecular weight is 223 g/mol. The van der Waals surface area contributed by atoms with Crippen molar-refractivity contribution in [1.29, 1.82) is 0 Å². The zero-order chi connectivity index (χ0) is 12.0. The van der Waals surface area contributed by atoms with Gasteiger partial charge in [-0.05, 0) is 25.8 Å². The predicted octanol–water partition coefficient (Wildman–Crippen LogP) is 2.99. The van der Waals surface area contributed by atoms with Crippen LogP contribution in [0.1, 0.15) is 51.6 Å². The Hall–Kier alpha value is -0.830. The fourth-order valence-corrected chi connectivity index (χ4v) is 2.29. The highest BCUT2D eigenvalue weighted by atomic mass is 15.3. The van der Waals surface area contributed by atoms with Crippen LogP contribution in [-0.4, -0.2) is 16.8 Å². The number of nitrogens with one attached hydrogen (secondary N) is 1. The summed E-state index contributed by atoms with van der Waals surface area (Å²) in [5, 5.41) is 7.80. The Labute approximate surface area is 99.2 Å². The first-order valence-corrected chi connectivity index (χ1v) is 6.42. The standard InChI is InChI=1S/C13H25N3/c1-5-7-11(3)13(14-4)12-9-15-16(10-12)8-6-2/h9-11,13-14H,5-8H2,1-4H3. The zero-order valence-electron chi connectivity index (χ0n) is 11.0. The molecule has 1 aromatic heterocycles. The van der Waals surface area contributed by atoms with Gasteiger partial charge in [0.15, 0.2) is 0 Å². The van der Waals surface area contributed by atoms with Crippen LogP contribution >= 0.6 is 0 Å². The van der Waals surface area contributed by atoms with E-state index in [-0.39, 0.29) is 0 Å². The number of nitrogens with zero attached hydrogens (tertiary/aromatic N) is 2. The first-order chi connectivity index (χ1) is 7.72. The van der Waals surface area contributed by atoms with Crippen molar-refractivity contribution in [3.05, 3.63) is 18.0 Å². The Morgan fingerprint density at radius 2 is 2.12 bits per heavy atom. The molecule has 0 spiro atoms. The van der Waals surface area contributed by atoms with E-state index in [2.05, 4.69) is 37.4 Å². The molecule has 3 heteroatoms. The Bertz CT molecular complexity index is 293. The smallest absolute Gasteiger partial charge is 0.0537 e. The number of rotatable bonds is 7. The van der Waals surface area contributed by atoms with Gasteiger partial charge in [-0.25, -0.2) is 0 Å². The summed E-state index contributed by atoms with van der Waals surface area (Å²) in [7, 11) is 2.04. The number of hydrogen-bond acceptors (Lipinski definition) is 2. The fraction of sp³-hybridized carbons (Fsp3) is 0.769. The minimum Gasteiger partial charge on any atom is -0.313 e. The summed E-state index contributed by atoms with van der Waals surface area (Å²) < 4.78 is 2.04. The molecule has 0 amide bonds. The minimum absolute atomic E-state index is 0.436. The van der Waals surface area contributed by atoms with Crippen LogP contribution in [0.4, 0.5) is 0 Å². The minimum atomic E-state index is 0.436. The van der Waals surface area contributed by atoms with Crippen molar-refractivity contribution in [3.63, 3.8) is 0 Å². The molecule has 0 aliphatic carbocycles.